The molecule has 0 aromatic carbocycles. The maximum Gasteiger partial charge on any atom is 0.327 e. The summed E-state index contributed by atoms with van der Waals surface area (Å²) in [7, 11) is 1.65. The fourth-order valence-corrected chi connectivity index (χ4v) is 1.85. The number of piperidine rings is 1. The number of likely N-dealkylation sites (tertiary alicyclic amines) is 1. The van der Waals surface area contributed by atoms with Gasteiger partial charge >= 0.3 is 12.0 Å². The summed E-state index contributed by atoms with van der Waals surface area (Å²) in [6, 6.07) is -1.41. The van der Waals surface area contributed by atoms with Gasteiger partial charge in [-0.25, -0.2) is 9.59 Å². The Hall–Kier alpha value is -1.74. The maximum atomic E-state index is 11.8. The molecule has 0 radical (unpaired) electrons. The summed E-state index contributed by atoms with van der Waals surface area (Å²) in [6.07, 6.45) is 6.74. The minimum absolute atomic E-state index is 0.0182. The number of terminal acetylenes is 1. The summed E-state index contributed by atoms with van der Waals surface area (Å²) in [4.78, 5) is 24.3. The van der Waals surface area contributed by atoms with Crippen molar-refractivity contribution >= 4 is 12.0 Å². The fourth-order valence-electron chi connectivity index (χ4n) is 1.85. The molecule has 0 aromatic rings. The van der Waals surface area contributed by atoms with E-state index in [0.717, 1.165) is 12.8 Å². The molecule has 1 atom stereocenters. The smallest absolute Gasteiger partial charge is 0.327 e. The van der Waals surface area contributed by atoms with E-state index in [1.807, 2.05) is 0 Å². The topological polar surface area (TPSA) is 78.9 Å². The summed E-state index contributed by atoms with van der Waals surface area (Å²) < 4.78 is 5.20. The Bertz CT molecular complexity index is 342. The predicted molar refractivity (Wildman–Crippen MR) is 65.0 cm³/mol. The van der Waals surface area contributed by atoms with Gasteiger partial charge in [-0.1, -0.05) is 0 Å². The van der Waals surface area contributed by atoms with Crippen molar-refractivity contribution < 1.29 is 19.4 Å². The van der Waals surface area contributed by atoms with Crippen LogP contribution in [0.1, 0.15) is 19.3 Å². The van der Waals surface area contributed by atoms with Crippen molar-refractivity contribution in [1.29, 1.82) is 0 Å². The number of urea groups is 1. The number of ether oxygens (including phenoxy) is 1. The molecule has 0 aliphatic carbocycles. The Kier molecular flexibility index (Phi) is 5.46. The molecule has 0 spiro atoms. The van der Waals surface area contributed by atoms with Crippen molar-refractivity contribution in [2.45, 2.75) is 31.4 Å². The van der Waals surface area contributed by atoms with Gasteiger partial charge in [-0.15, -0.1) is 12.3 Å². The van der Waals surface area contributed by atoms with Crippen LogP contribution in [0.5, 0.6) is 0 Å². The van der Waals surface area contributed by atoms with Gasteiger partial charge in [0.15, 0.2) is 0 Å². The van der Waals surface area contributed by atoms with E-state index in [2.05, 4.69) is 11.2 Å². The molecule has 100 valence electrons. The molecule has 1 saturated heterocycles. The second-order valence-corrected chi connectivity index (χ2v) is 4.17. The van der Waals surface area contributed by atoms with Crippen LogP contribution in [0.15, 0.2) is 0 Å². The molecule has 1 unspecified atom stereocenters. The monoisotopic (exact) mass is 254 g/mol. The average Bonchev–Trinajstić information content (AvgIpc) is 2.38. The van der Waals surface area contributed by atoms with Crippen molar-refractivity contribution in [3.63, 3.8) is 0 Å². The first-order valence-electron chi connectivity index (χ1n) is 5.83. The van der Waals surface area contributed by atoms with Gasteiger partial charge in [-0.2, -0.15) is 0 Å². The number of methoxy groups -OCH3 is 1. The zero-order chi connectivity index (χ0) is 13.5. The Labute approximate surface area is 106 Å². The molecule has 6 nitrogen and oxygen atoms in total. The zero-order valence-electron chi connectivity index (χ0n) is 10.4. The second kappa shape index (κ2) is 6.87. The minimum atomic E-state index is -1.12. The number of hydrogen-bond acceptors (Lipinski definition) is 3. The molecule has 6 heteroatoms. The van der Waals surface area contributed by atoms with Gasteiger partial charge in [-0.3, -0.25) is 0 Å². The highest BCUT2D eigenvalue weighted by Crippen LogP contribution is 2.12. The van der Waals surface area contributed by atoms with E-state index in [4.69, 9.17) is 16.3 Å². The van der Waals surface area contributed by atoms with Crippen LogP contribution in [0, 0.1) is 12.3 Å². The van der Waals surface area contributed by atoms with E-state index in [0.29, 0.717) is 13.1 Å². The van der Waals surface area contributed by atoms with Crippen LogP contribution >= 0.6 is 0 Å². The van der Waals surface area contributed by atoms with E-state index in [-0.39, 0.29) is 18.6 Å². The van der Waals surface area contributed by atoms with Gasteiger partial charge in [0.1, 0.15) is 6.04 Å². The van der Waals surface area contributed by atoms with Crippen molar-refractivity contribution in [2.75, 3.05) is 20.2 Å². The summed E-state index contributed by atoms with van der Waals surface area (Å²) in [5.74, 6) is 1.12. The first-order valence-corrected chi connectivity index (χ1v) is 5.83. The number of nitrogens with one attached hydrogen (secondary N) is 1. The normalized spacial score (nSPS) is 17.9. The molecule has 1 fully saturated rings. The standard InChI is InChI=1S/C12H18N2O4/c1-3-4-10(11(15)16)13-12(17)14-7-5-9(18-2)6-8-14/h1,9-10H,4-8H2,2H3,(H,13,17)(H,15,16). The lowest BCUT2D eigenvalue weighted by molar-refractivity contribution is -0.139. The third-order valence-electron chi connectivity index (χ3n) is 2.98. The van der Waals surface area contributed by atoms with Gasteiger partial charge < -0.3 is 20.1 Å². The van der Waals surface area contributed by atoms with E-state index < -0.39 is 12.0 Å². The number of amides is 2. The van der Waals surface area contributed by atoms with Gasteiger partial charge in [-0.05, 0) is 12.8 Å². The van der Waals surface area contributed by atoms with Crippen LogP contribution in [0.25, 0.3) is 0 Å². The molecule has 18 heavy (non-hydrogen) atoms. The van der Waals surface area contributed by atoms with Crippen molar-refractivity contribution in [1.82, 2.24) is 10.2 Å². The predicted octanol–water partition coefficient (Wildman–Crippen LogP) is 0.283. The Morgan fingerprint density at radius 1 is 1.56 bits per heavy atom. The maximum absolute atomic E-state index is 11.8. The lowest BCUT2D eigenvalue weighted by atomic mass is 10.1. The number of rotatable bonds is 4. The highest BCUT2D eigenvalue weighted by Gasteiger charge is 2.26. The molecule has 2 amide bonds. The van der Waals surface area contributed by atoms with Crippen LogP contribution in [0.2, 0.25) is 0 Å². The van der Waals surface area contributed by atoms with E-state index in [9.17, 15) is 9.59 Å². The number of carbonyl (C=O) groups excluding carboxylic acids is 1. The third-order valence-corrected chi connectivity index (χ3v) is 2.98. The Balaban J connectivity index is 2.45. The van der Waals surface area contributed by atoms with Crippen LogP contribution in [-0.2, 0) is 9.53 Å². The highest BCUT2D eigenvalue weighted by molar-refractivity contribution is 5.82. The van der Waals surface area contributed by atoms with E-state index in [1.165, 1.54) is 0 Å². The van der Waals surface area contributed by atoms with Crippen LogP contribution < -0.4 is 5.32 Å². The first kappa shape index (κ1) is 14.3. The average molecular weight is 254 g/mol. The summed E-state index contributed by atoms with van der Waals surface area (Å²) in [5.41, 5.74) is 0. The van der Waals surface area contributed by atoms with Gasteiger partial charge in [0, 0.05) is 26.6 Å². The number of aliphatic carboxylic acids is 1. The quantitative estimate of drug-likeness (QED) is 0.706. The number of carbonyl (C=O) groups is 2. The molecule has 1 aliphatic heterocycles. The lowest BCUT2D eigenvalue weighted by Crippen LogP contribution is -2.50. The first-order chi connectivity index (χ1) is 8.58. The van der Waals surface area contributed by atoms with Crippen molar-refractivity contribution in [2.24, 2.45) is 0 Å². The van der Waals surface area contributed by atoms with Gasteiger partial charge in [0.05, 0.1) is 6.10 Å². The fraction of sp³-hybridized carbons (Fsp3) is 0.667. The molecular formula is C12H18N2O4. The lowest BCUT2D eigenvalue weighted by Gasteiger charge is -2.31. The van der Waals surface area contributed by atoms with E-state index in [1.54, 1.807) is 12.0 Å². The molecule has 1 heterocycles. The molecule has 0 saturated carbocycles. The molecule has 1 rings (SSSR count). The van der Waals surface area contributed by atoms with Crippen LogP contribution in [0.3, 0.4) is 0 Å². The zero-order valence-corrected chi connectivity index (χ0v) is 10.4. The highest BCUT2D eigenvalue weighted by atomic mass is 16.5. The molecule has 0 aromatic heterocycles. The van der Waals surface area contributed by atoms with Crippen LogP contribution in [0.4, 0.5) is 4.79 Å². The Morgan fingerprint density at radius 2 is 2.17 bits per heavy atom. The largest absolute Gasteiger partial charge is 0.480 e. The summed E-state index contributed by atoms with van der Waals surface area (Å²) in [5, 5.41) is 11.3. The van der Waals surface area contributed by atoms with Crippen molar-refractivity contribution in [3.8, 4) is 12.3 Å². The SMILES string of the molecule is C#CCC(NC(=O)N1CCC(OC)CC1)C(=O)O. The Morgan fingerprint density at radius 3 is 2.61 bits per heavy atom. The minimum Gasteiger partial charge on any atom is -0.480 e. The van der Waals surface area contributed by atoms with Crippen LogP contribution in [-0.4, -0.2) is 54.4 Å². The van der Waals surface area contributed by atoms with E-state index >= 15 is 0 Å². The van der Waals surface area contributed by atoms with Crippen molar-refractivity contribution in [3.05, 3.63) is 0 Å². The number of nitrogens with zero attached hydrogens (tertiary/aromatic N) is 1. The number of hydrogen-bond donors (Lipinski definition) is 2. The second-order valence-electron chi connectivity index (χ2n) is 4.17. The molecule has 1 aliphatic rings. The molecular weight excluding hydrogens is 236 g/mol. The summed E-state index contributed by atoms with van der Waals surface area (Å²) in [6.45, 7) is 1.12. The third kappa shape index (κ3) is 3.93. The molecule has 0 bridgehead atoms. The summed E-state index contributed by atoms with van der Waals surface area (Å²) >= 11 is 0. The van der Waals surface area contributed by atoms with Gasteiger partial charge in [0.25, 0.3) is 0 Å². The number of carboxylic acids is 1. The number of carboxylic acid groups (broad SMARTS) is 1. The van der Waals surface area contributed by atoms with Gasteiger partial charge in [0.2, 0.25) is 0 Å². The molecule has 2 N–H and O–H groups in total.